The second kappa shape index (κ2) is 11.3. The smallest absolute Gasteiger partial charge is 0.261 e. The van der Waals surface area contributed by atoms with E-state index in [4.69, 9.17) is 0 Å². The van der Waals surface area contributed by atoms with E-state index >= 15 is 0 Å². The molecule has 0 radical (unpaired) electrons. The summed E-state index contributed by atoms with van der Waals surface area (Å²) in [6.45, 7) is 3.11. The molecule has 2 bridgehead atoms. The Morgan fingerprint density at radius 1 is 0.791 bits per heavy atom. The van der Waals surface area contributed by atoms with Crippen molar-refractivity contribution in [3.63, 3.8) is 0 Å². The first-order chi connectivity index (χ1) is 20.7. The van der Waals surface area contributed by atoms with Gasteiger partial charge in [-0.3, -0.25) is 19.2 Å². The molecule has 2 aliphatic rings. The molecule has 6 rings (SSSR count). The van der Waals surface area contributed by atoms with Crippen LogP contribution in [0.15, 0.2) is 83.7 Å². The molecule has 3 aromatic carbocycles. The summed E-state index contributed by atoms with van der Waals surface area (Å²) in [5.74, 6) is -3.42. The van der Waals surface area contributed by atoms with Crippen LogP contribution in [0.1, 0.15) is 56.0 Å². The van der Waals surface area contributed by atoms with Crippen LogP contribution < -0.4 is 21.1 Å². The molecule has 0 spiro atoms. The van der Waals surface area contributed by atoms with Crippen molar-refractivity contribution in [3.8, 4) is 0 Å². The first-order valence-corrected chi connectivity index (χ1v) is 13.9. The fraction of sp³-hybridized carbons (Fsp3) is 0.212. The van der Waals surface area contributed by atoms with Gasteiger partial charge in [0, 0.05) is 54.1 Å². The third-order valence-corrected chi connectivity index (χ3v) is 8.04. The quantitative estimate of drug-likeness (QED) is 0.294. The van der Waals surface area contributed by atoms with Gasteiger partial charge in [-0.05, 0) is 67.8 Å². The van der Waals surface area contributed by atoms with Gasteiger partial charge in [0.25, 0.3) is 17.4 Å². The van der Waals surface area contributed by atoms with E-state index in [0.29, 0.717) is 36.6 Å². The molecule has 2 unspecified atom stereocenters. The standard InChI is InChI=1S/C33H28F2N4O4/c1-19(40)21-5-2-6-24(14-21)36-32(42)22-11-12-29(27(15-22)37-33(43)31-25(34)7-3-8-26(31)35)38-16-20-13-23(18-38)28-9-4-10-30(41)39(28)17-20/h2-12,14-15,20,23H,13,16-18H2,1H3,(H,36,42)(H,37,43). The molecule has 2 amide bonds. The van der Waals surface area contributed by atoms with E-state index < -0.39 is 29.0 Å². The Hall–Kier alpha value is -5.12. The Balaban J connectivity index is 1.35. The minimum atomic E-state index is -1.01. The summed E-state index contributed by atoms with van der Waals surface area (Å²) in [6, 6.07) is 19.7. The van der Waals surface area contributed by atoms with Crippen molar-refractivity contribution >= 4 is 34.7 Å². The molecule has 3 heterocycles. The maximum Gasteiger partial charge on any atom is 0.261 e. The van der Waals surface area contributed by atoms with Crippen molar-refractivity contribution in [1.29, 1.82) is 0 Å². The molecule has 1 aromatic heterocycles. The van der Waals surface area contributed by atoms with Crippen LogP contribution in [0, 0.1) is 17.6 Å². The minimum Gasteiger partial charge on any atom is -0.369 e. The number of Topliss-reactive ketones (excluding diaryl/α,β-unsaturated/α-hetero) is 1. The molecule has 4 aromatic rings. The van der Waals surface area contributed by atoms with Gasteiger partial charge in [0.05, 0.1) is 11.4 Å². The molecule has 8 nitrogen and oxygen atoms in total. The Bertz CT molecular complexity index is 1820. The average Bonchev–Trinajstić information content (AvgIpc) is 2.97. The summed E-state index contributed by atoms with van der Waals surface area (Å²) in [5, 5.41) is 5.40. The Kier molecular flexibility index (Phi) is 7.35. The number of benzene rings is 3. The monoisotopic (exact) mass is 582 g/mol. The number of ketones is 1. The first kappa shape index (κ1) is 28.0. The maximum atomic E-state index is 14.5. The van der Waals surface area contributed by atoms with Crippen molar-refractivity contribution in [1.82, 2.24) is 4.57 Å². The summed E-state index contributed by atoms with van der Waals surface area (Å²) >= 11 is 0. The highest BCUT2D eigenvalue weighted by atomic mass is 19.1. The van der Waals surface area contributed by atoms with Crippen LogP contribution in [0.3, 0.4) is 0 Å². The number of anilines is 3. The Morgan fingerprint density at radius 3 is 2.30 bits per heavy atom. The normalized spacial score (nSPS) is 17.1. The maximum absolute atomic E-state index is 14.5. The molecule has 1 fully saturated rings. The number of nitrogens with zero attached hydrogens (tertiary/aromatic N) is 2. The number of rotatable bonds is 6. The van der Waals surface area contributed by atoms with Crippen LogP contribution in [-0.4, -0.2) is 35.3 Å². The molecule has 2 N–H and O–H groups in total. The molecule has 0 saturated carbocycles. The SMILES string of the molecule is CC(=O)c1cccc(NC(=O)c2ccc(N3CC4CC(C3)c3cccc(=O)n3C4)c(NC(=O)c3c(F)cccc3F)c2)c1. The third kappa shape index (κ3) is 5.55. The lowest BCUT2D eigenvalue weighted by molar-refractivity contribution is 0.101. The predicted molar refractivity (Wildman–Crippen MR) is 159 cm³/mol. The zero-order chi connectivity index (χ0) is 30.2. The lowest BCUT2D eigenvalue weighted by Gasteiger charge is -2.44. The Morgan fingerprint density at radius 2 is 1.53 bits per heavy atom. The molecule has 218 valence electrons. The van der Waals surface area contributed by atoms with Crippen molar-refractivity contribution in [2.45, 2.75) is 25.8 Å². The highest BCUT2D eigenvalue weighted by molar-refractivity contribution is 6.09. The fourth-order valence-electron chi connectivity index (χ4n) is 6.07. The van der Waals surface area contributed by atoms with Crippen molar-refractivity contribution in [2.75, 3.05) is 28.6 Å². The van der Waals surface area contributed by atoms with E-state index in [0.717, 1.165) is 24.2 Å². The van der Waals surface area contributed by atoms with Crippen molar-refractivity contribution in [2.24, 2.45) is 5.92 Å². The van der Waals surface area contributed by atoms with Crippen LogP contribution in [-0.2, 0) is 6.54 Å². The summed E-state index contributed by atoms with van der Waals surface area (Å²) in [5.41, 5.74) is 2.01. The second-order valence-electron chi connectivity index (χ2n) is 11.0. The number of aromatic nitrogens is 1. The number of piperidine rings is 1. The van der Waals surface area contributed by atoms with Crippen LogP contribution in [0.5, 0.6) is 0 Å². The van der Waals surface area contributed by atoms with Crippen molar-refractivity contribution < 1.29 is 23.2 Å². The van der Waals surface area contributed by atoms with Gasteiger partial charge in [-0.15, -0.1) is 0 Å². The van der Waals surface area contributed by atoms with Gasteiger partial charge in [0.2, 0.25) is 0 Å². The van der Waals surface area contributed by atoms with Crippen LogP contribution in [0.2, 0.25) is 0 Å². The van der Waals surface area contributed by atoms with Crippen LogP contribution in [0.25, 0.3) is 0 Å². The molecule has 43 heavy (non-hydrogen) atoms. The van der Waals surface area contributed by atoms with E-state index in [1.165, 1.54) is 19.1 Å². The largest absolute Gasteiger partial charge is 0.369 e. The zero-order valence-electron chi connectivity index (χ0n) is 23.3. The minimum absolute atomic E-state index is 0.0373. The molecular weight excluding hydrogens is 554 g/mol. The predicted octanol–water partition coefficient (Wildman–Crippen LogP) is 5.46. The number of nitrogens with one attached hydrogen (secondary N) is 2. The number of pyridine rings is 1. The summed E-state index contributed by atoms with van der Waals surface area (Å²) in [7, 11) is 0. The topological polar surface area (TPSA) is 101 Å². The van der Waals surface area contributed by atoms with Gasteiger partial charge in [-0.1, -0.05) is 24.3 Å². The lowest BCUT2D eigenvalue weighted by atomic mass is 9.83. The van der Waals surface area contributed by atoms with Gasteiger partial charge in [-0.25, -0.2) is 8.78 Å². The number of fused-ring (bicyclic) bond motifs is 4. The molecule has 1 saturated heterocycles. The van der Waals surface area contributed by atoms with Gasteiger partial charge in [-0.2, -0.15) is 0 Å². The number of amides is 2. The highest BCUT2D eigenvalue weighted by Gasteiger charge is 2.35. The van der Waals surface area contributed by atoms with E-state index in [1.807, 2.05) is 10.6 Å². The van der Waals surface area contributed by atoms with E-state index in [1.54, 1.807) is 48.5 Å². The van der Waals surface area contributed by atoms with Gasteiger partial charge in [0.1, 0.15) is 17.2 Å². The number of carbonyl (C=O) groups is 3. The molecular formula is C33H28F2N4O4. The van der Waals surface area contributed by atoms with Gasteiger partial charge in [0.15, 0.2) is 5.78 Å². The number of halogens is 2. The summed E-state index contributed by atoms with van der Waals surface area (Å²) in [4.78, 5) is 52.8. The molecule has 10 heteroatoms. The second-order valence-corrected chi connectivity index (χ2v) is 11.0. The third-order valence-electron chi connectivity index (χ3n) is 8.04. The Labute approximate surface area is 246 Å². The fourth-order valence-corrected chi connectivity index (χ4v) is 6.07. The van der Waals surface area contributed by atoms with Gasteiger partial charge < -0.3 is 20.1 Å². The molecule has 2 atom stereocenters. The summed E-state index contributed by atoms with van der Waals surface area (Å²) in [6.07, 6.45) is 0.905. The molecule has 0 aliphatic carbocycles. The van der Waals surface area contributed by atoms with Crippen LogP contribution in [0.4, 0.5) is 25.8 Å². The van der Waals surface area contributed by atoms with Crippen LogP contribution >= 0.6 is 0 Å². The summed E-state index contributed by atoms with van der Waals surface area (Å²) < 4.78 is 30.8. The number of hydrogen-bond donors (Lipinski definition) is 2. The zero-order valence-corrected chi connectivity index (χ0v) is 23.3. The average molecular weight is 583 g/mol. The lowest BCUT2D eigenvalue weighted by Crippen LogP contribution is -2.47. The number of hydrogen-bond acceptors (Lipinski definition) is 5. The number of carbonyl (C=O) groups excluding carboxylic acids is 3. The van der Waals surface area contributed by atoms with E-state index in [9.17, 15) is 28.0 Å². The first-order valence-electron chi connectivity index (χ1n) is 13.9. The van der Waals surface area contributed by atoms with E-state index in [-0.39, 0.29) is 34.4 Å². The highest BCUT2D eigenvalue weighted by Crippen LogP contribution is 2.39. The van der Waals surface area contributed by atoms with Crippen molar-refractivity contribution in [3.05, 3.63) is 123 Å². The van der Waals surface area contributed by atoms with Gasteiger partial charge >= 0.3 is 0 Å². The molecule has 2 aliphatic heterocycles. The van der Waals surface area contributed by atoms with E-state index in [2.05, 4.69) is 15.5 Å².